The summed E-state index contributed by atoms with van der Waals surface area (Å²) in [6.07, 6.45) is 4.96. The summed E-state index contributed by atoms with van der Waals surface area (Å²) in [5.41, 5.74) is 0.218. The first-order valence-electron chi connectivity index (χ1n) is 9.49. The van der Waals surface area contributed by atoms with Gasteiger partial charge in [-0.3, -0.25) is 4.79 Å². The Morgan fingerprint density at radius 2 is 1.67 bits per heavy atom. The molecular formula is C19H26N2O5S. The maximum atomic E-state index is 12.5. The number of esters is 1. The van der Waals surface area contributed by atoms with Crippen molar-refractivity contribution in [2.24, 2.45) is 0 Å². The second-order valence-electron chi connectivity index (χ2n) is 7.17. The Hall–Kier alpha value is -1.93. The fraction of sp³-hybridized carbons (Fsp3) is 0.579. The molecule has 1 aromatic rings. The van der Waals surface area contributed by atoms with E-state index >= 15 is 0 Å². The summed E-state index contributed by atoms with van der Waals surface area (Å²) < 4.78 is 31.7. The van der Waals surface area contributed by atoms with Crippen LogP contribution in [0.15, 0.2) is 29.2 Å². The van der Waals surface area contributed by atoms with E-state index in [2.05, 4.69) is 5.32 Å². The fourth-order valence-electron chi connectivity index (χ4n) is 3.51. The molecule has 0 aromatic heterocycles. The van der Waals surface area contributed by atoms with E-state index in [1.807, 2.05) is 0 Å². The number of ether oxygens (including phenoxy) is 1. The SMILES string of the molecule is C[C@H](OC(=O)c1ccc(S(=O)(=O)N2CCCC2)cc1)C(=O)NC1CCCC1. The van der Waals surface area contributed by atoms with Crippen LogP contribution in [-0.2, 0) is 19.6 Å². The first-order valence-corrected chi connectivity index (χ1v) is 10.9. The molecule has 2 fully saturated rings. The molecule has 8 heteroatoms. The van der Waals surface area contributed by atoms with E-state index in [1.165, 1.54) is 35.5 Å². The molecule has 27 heavy (non-hydrogen) atoms. The summed E-state index contributed by atoms with van der Waals surface area (Å²) in [4.78, 5) is 24.5. The third-order valence-electron chi connectivity index (χ3n) is 5.15. The van der Waals surface area contributed by atoms with Crippen molar-refractivity contribution in [3.8, 4) is 0 Å². The highest BCUT2D eigenvalue weighted by atomic mass is 32.2. The average Bonchev–Trinajstić information content (AvgIpc) is 3.35. The van der Waals surface area contributed by atoms with E-state index in [1.54, 1.807) is 0 Å². The highest BCUT2D eigenvalue weighted by Crippen LogP contribution is 2.21. The maximum absolute atomic E-state index is 12.5. The molecule has 0 unspecified atom stereocenters. The molecule has 2 aliphatic rings. The van der Waals surface area contributed by atoms with E-state index in [0.717, 1.165) is 38.5 Å². The molecule has 1 N–H and O–H groups in total. The lowest BCUT2D eigenvalue weighted by Gasteiger charge is -2.17. The van der Waals surface area contributed by atoms with Gasteiger partial charge in [-0.2, -0.15) is 4.31 Å². The monoisotopic (exact) mass is 394 g/mol. The first kappa shape index (κ1) is 19.8. The number of rotatable bonds is 6. The minimum absolute atomic E-state index is 0.160. The largest absolute Gasteiger partial charge is 0.449 e. The molecule has 1 saturated carbocycles. The van der Waals surface area contributed by atoms with E-state index in [4.69, 9.17) is 4.74 Å². The van der Waals surface area contributed by atoms with Crippen LogP contribution in [-0.4, -0.2) is 49.8 Å². The Balaban J connectivity index is 1.59. The quantitative estimate of drug-likeness (QED) is 0.746. The number of carbonyl (C=O) groups is 2. The van der Waals surface area contributed by atoms with E-state index in [0.29, 0.717) is 13.1 Å². The Bertz CT molecular complexity index is 779. The smallest absolute Gasteiger partial charge is 0.338 e. The number of hydrogen-bond acceptors (Lipinski definition) is 5. The van der Waals surface area contributed by atoms with Gasteiger partial charge >= 0.3 is 5.97 Å². The van der Waals surface area contributed by atoms with Crippen molar-refractivity contribution in [2.45, 2.75) is 62.5 Å². The summed E-state index contributed by atoms with van der Waals surface area (Å²) in [6, 6.07) is 5.83. The molecule has 0 bridgehead atoms. The van der Waals surface area contributed by atoms with Crippen LogP contribution in [0, 0.1) is 0 Å². The molecule has 7 nitrogen and oxygen atoms in total. The highest BCUT2D eigenvalue weighted by Gasteiger charge is 2.28. The van der Waals surface area contributed by atoms with Crippen LogP contribution < -0.4 is 5.32 Å². The van der Waals surface area contributed by atoms with Crippen molar-refractivity contribution in [3.05, 3.63) is 29.8 Å². The first-order chi connectivity index (χ1) is 12.9. The van der Waals surface area contributed by atoms with E-state index in [9.17, 15) is 18.0 Å². The van der Waals surface area contributed by atoms with Gasteiger partial charge in [-0.25, -0.2) is 13.2 Å². The van der Waals surface area contributed by atoms with Crippen LogP contribution in [0.25, 0.3) is 0 Å². The second kappa shape index (κ2) is 8.39. The van der Waals surface area contributed by atoms with Crippen LogP contribution in [0.3, 0.4) is 0 Å². The molecule has 0 spiro atoms. The van der Waals surface area contributed by atoms with Gasteiger partial charge in [-0.15, -0.1) is 0 Å². The Kier molecular flexibility index (Phi) is 6.16. The zero-order valence-electron chi connectivity index (χ0n) is 15.5. The van der Waals surface area contributed by atoms with Crippen LogP contribution >= 0.6 is 0 Å². The predicted octanol–water partition coefficient (Wildman–Crippen LogP) is 2.08. The molecule has 1 aliphatic heterocycles. The molecule has 1 heterocycles. The molecule has 1 amide bonds. The molecule has 1 atom stereocenters. The third-order valence-corrected chi connectivity index (χ3v) is 7.06. The molecule has 0 radical (unpaired) electrons. The number of hydrogen-bond donors (Lipinski definition) is 1. The molecule has 1 aromatic carbocycles. The Morgan fingerprint density at radius 3 is 2.26 bits per heavy atom. The van der Waals surface area contributed by atoms with Gasteiger partial charge in [0.2, 0.25) is 10.0 Å². The lowest BCUT2D eigenvalue weighted by molar-refractivity contribution is -0.129. The number of sulfonamides is 1. The predicted molar refractivity (Wildman–Crippen MR) is 99.7 cm³/mol. The molecule has 148 valence electrons. The van der Waals surface area contributed by atoms with Gasteiger partial charge in [0.1, 0.15) is 0 Å². The van der Waals surface area contributed by atoms with Crippen molar-refractivity contribution in [3.63, 3.8) is 0 Å². The van der Waals surface area contributed by atoms with Crippen LogP contribution in [0.4, 0.5) is 0 Å². The standard InChI is InChI=1S/C19H26N2O5S/c1-14(18(22)20-16-6-2-3-7-16)26-19(23)15-8-10-17(11-9-15)27(24,25)21-12-4-5-13-21/h8-11,14,16H,2-7,12-13H2,1H3,(H,20,22)/t14-/m0/s1. The lowest BCUT2D eigenvalue weighted by atomic mass is 10.2. The number of carbonyl (C=O) groups excluding carboxylic acids is 2. The summed E-state index contributed by atoms with van der Waals surface area (Å²) in [5.74, 6) is -0.947. The minimum atomic E-state index is -3.51. The van der Waals surface area contributed by atoms with Gasteiger partial charge in [-0.05, 0) is 56.9 Å². The summed E-state index contributed by atoms with van der Waals surface area (Å²) in [5, 5.41) is 2.89. The summed E-state index contributed by atoms with van der Waals surface area (Å²) in [7, 11) is -3.51. The molecule has 1 aliphatic carbocycles. The number of benzene rings is 1. The van der Waals surface area contributed by atoms with Gasteiger partial charge in [0, 0.05) is 19.1 Å². The van der Waals surface area contributed by atoms with Crippen molar-refractivity contribution >= 4 is 21.9 Å². The van der Waals surface area contributed by atoms with Gasteiger partial charge in [-0.1, -0.05) is 12.8 Å². The van der Waals surface area contributed by atoms with E-state index in [-0.39, 0.29) is 22.4 Å². The highest BCUT2D eigenvalue weighted by molar-refractivity contribution is 7.89. The maximum Gasteiger partial charge on any atom is 0.338 e. The van der Waals surface area contributed by atoms with Crippen LogP contribution in [0.2, 0.25) is 0 Å². The Morgan fingerprint density at radius 1 is 1.07 bits per heavy atom. The van der Waals surface area contributed by atoms with Gasteiger partial charge in [0.05, 0.1) is 10.5 Å². The number of nitrogens with zero attached hydrogens (tertiary/aromatic N) is 1. The van der Waals surface area contributed by atoms with Crippen LogP contribution in [0.5, 0.6) is 0 Å². The van der Waals surface area contributed by atoms with Crippen molar-refractivity contribution in [2.75, 3.05) is 13.1 Å². The summed E-state index contributed by atoms with van der Waals surface area (Å²) in [6.45, 7) is 2.59. The molecular weight excluding hydrogens is 368 g/mol. The van der Waals surface area contributed by atoms with Crippen molar-refractivity contribution in [1.82, 2.24) is 9.62 Å². The van der Waals surface area contributed by atoms with Gasteiger partial charge in [0.25, 0.3) is 5.91 Å². The normalized spacial score (nSPS) is 19.7. The van der Waals surface area contributed by atoms with Crippen molar-refractivity contribution < 1.29 is 22.7 Å². The zero-order chi connectivity index (χ0) is 19.4. The number of nitrogens with one attached hydrogen (secondary N) is 1. The van der Waals surface area contributed by atoms with Gasteiger partial charge < -0.3 is 10.1 Å². The number of amides is 1. The molecule has 3 rings (SSSR count). The van der Waals surface area contributed by atoms with Crippen LogP contribution in [0.1, 0.15) is 55.8 Å². The second-order valence-corrected chi connectivity index (χ2v) is 9.11. The fourth-order valence-corrected chi connectivity index (χ4v) is 5.03. The minimum Gasteiger partial charge on any atom is -0.449 e. The average molecular weight is 394 g/mol. The third kappa shape index (κ3) is 4.68. The van der Waals surface area contributed by atoms with E-state index < -0.39 is 22.1 Å². The Labute approximate surface area is 160 Å². The lowest BCUT2D eigenvalue weighted by Crippen LogP contribution is -2.40. The molecule has 1 saturated heterocycles. The van der Waals surface area contributed by atoms with Crippen molar-refractivity contribution in [1.29, 1.82) is 0 Å². The van der Waals surface area contributed by atoms with Gasteiger partial charge in [0.15, 0.2) is 6.10 Å². The zero-order valence-corrected chi connectivity index (χ0v) is 16.3. The topological polar surface area (TPSA) is 92.8 Å². The summed E-state index contributed by atoms with van der Waals surface area (Å²) >= 11 is 0.